The fourth-order valence-electron chi connectivity index (χ4n) is 2.08. The molecule has 1 aromatic heterocycles. The third-order valence-electron chi connectivity index (χ3n) is 2.96. The molecule has 1 unspecified atom stereocenters. The lowest BCUT2D eigenvalue weighted by Gasteiger charge is -2.19. The summed E-state index contributed by atoms with van der Waals surface area (Å²) >= 11 is 6.05. The Kier molecular flexibility index (Phi) is 4.93. The Morgan fingerprint density at radius 3 is 2.90 bits per heavy atom. The average molecular weight is 295 g/mol. The minimum Gasteiger partial charge on any atom is -0.492 e. The smallest absolute Gasteiger partial charge is 0.142 e. The van der Waals surface area contributed by atoms with Crippen LogP contribution in [0.2, 0.25) is 5.02 Å². The van der Waals surface area contributed by atoms with Gasteiger partial charge in [-0.15, -0.1) is 0 Å². The highest BCUT2D eigenvalue weighted by molar-refractivity contribution is 6.31. The molecule has 20 heavy (non-hydrogen) atoms. The van der Waals surface area contributed by atoms with Crippen molar-refractivity contribution < 1.29 is 9.13 Å². The zero-order valence-corrected chi connectivity index (χ0v) is 12.1. The van der Waals surface area contributed by atoms with Crippen LogP contribution in [0.5, 0.6) is 5.75 Å². The van der Waals surface area contributed by atoms with E-state index in [1.165, 1.54) is 6.07 Å². The molecule has 3 nitrogen and oxygen atoms in total. The van der Waals surface area contributed by atoms with Crippen molar-refractivity contribution in [2.75, 3.05) is 13.7 Å². The third-order valence-corrected chi connectivity index (χ3v) is 3.36. The molecule has 1 heterocycles. The normalized spacial score (nSPS) is 12.2. The summed E-state index contributed by atoms with van der Waals surface area (Å²) in [5, 5.41) is 3.24. The molecule has 106 valence electrons. The van der Waals surface area contributed by atoms with Crippen molar-refractivity contribution in [2.24, 2.45) is 0 Å². The molecule has 0 saturated heterocycles. The molecule has 2 rings (SSSR count). The largest absolute Gasteiger partial charge is 0.492 e. The monoisotopic (exact) mass is 294 g/mol. The maximum atomic E-state index is 13.6. The molecule has 0 aliphatic heterocycles. The maximum absolute atomic E-state index is 13.6. The maximum Gasteiger partial charge on any atom is 0.142 e. The second kappa shape index (κ2) is 6.68. The predicted octanol–water partition coefficient (Wildman–Crippen LogP) is 3.58. The number of aromatic nitrogens is 1. The number of ether oxygens (including phenoxy) is 1. The van der Waals surface area contributed by atoms with Gasteiger partial charge in [-0.05, 0) is 37.2 Å². The van der Waals surface area contributed by atoms with E-state index >= 15 is 0 Å². The van der Waals surface area contributed by atoms with Gasteiger partial charge in [0.15, 0.2) is 0 Å². The van der Waals surface area contributed by atoms with Gasteiger partial charge in [0.1, 0.15) is 11.6 Å². The molecule has 1 atom stereocenters. The number of pyridine rings is 1. The van der Waals surface area contributed by atoms with Gasteiger partial charge < -0.3 is 10.1 Å². The lowest BCUT2D eigenvalue weighted by molar-refractivity contribution is 0.338. The van der Waals surface area contributed by atoms with Gasteiger partial charge in [-0.2, -0.15) is 0 Å². The summed E-state index contributed by atoms with van der Waals surface area (Å²) in [4.78, 5) is 4.15. The predicted molar refractivity (Wildman–Crippen MR) is 77.7 cm³/mol. The summed E-state index contributed by atoms with van der Waals surface area (Å²) in [5.74, 6) is 0.246. The van der Waals surface area contributed by atoms with Gasteiger partial charge in [0.25, 0.3) is 0 Å². The molecule has 0 bridgehead atoms. The van der Waals surface area contributed by atoms with E-state index in [9.17, 15) is 4.39 Å². The highest BCUT2D eigenvalue weighted by Gasteiger charge is 2.18. The van der Waals surface area contributed by atoms with E-state index in [0.717, 1.165) is 5.56 Å². The third kappa shape index (κ3) is 3.08. The van der Waals surface area contributed by atoms with Gasteiger partial charge in [0.2, 0.25) is 0 Å². The fourth-order valence-corrected chi connectivity index (χ4v) is 2.32. The van der Waals surface area contributed by atoms with Crippen LogP contribution in [0.1, 0.15) is 24.1 Å². The van der Waals surface area contributed by atoms with Crippen LogP contribution < -0.4 is 10.1 Å². The molecule has 0 aliphatic rings. The molecule has 0 amide bonds. The summed E-state index contributed by atoms with van der Waals surface area (Å²) in [7, 11) is 1.79. The summed E-state index contributed by atoms with van der Waals surface area (Å²) < 4.78 is 19.0. The molecule has 5 heteroatoms. The van der Waals surface area contributed by atoms with E-state index in [2.05, 4.69) is 10.3 Å². The summed E-state index contributed by atoms with van der Waals surface area (Å²) in [6.45, 7) is 2.47. The van der Waals surface area contributed by atoms with Gasteiger partial charge in [-0.25, -0.2) is 4.39 Å². The summed E-state index contributed by atoms with van der Waals surface area (Å²) in [5.41, 5.74) is 1.54. The second-order valence-electron chi connectivity index (χ2n) is 4.25. The number of hydrogen-bond donors (Lipinski definition) is 1. The number of nitrogens with zero attached hydrogens (tertiary/aromatic N) is 1. The first-order chi connectivity index (χ1) is 9.67. The summed E-state index contributed by atoms with van der Waals surface area (Å²) in [6.07, 6.45) is 3.36. The number of rotatable bonds is 5. The molecule has 1 aromatic carbocycles. The van der Waals surface area contributed by atoms with Gasteiger partial charge in [-0.1, -0.05) is 23.7 Å². The van der Waals surface area contributed by atoms with Crippen LogP contribution in [0.4, 0.5) is 4.39 Å². The summed E-state index contributed by atoms with van der Waals surface area (Å²) in [6, 6.07) is 6.40. The number of halogens is 2. The van der Waals surface area contributed by atoms with Crippen molar-refractivity contribution in [3.05, 3.63) is 58.6 Å². The van der Waals surface area contributed by atoms with E-state index in [1.54, 1.807) is 31.6 Å². The quantitative estimate of drug-likeness (QED) is 0.915. The van der Waals surface area contributed by atoms with Gasteiger partial charge in [-0.3, -0.25) is 4.98 Å². The van der Waals surface area contributed by atoms with Crippen molar-refractivity contribution in [3.8, 4) is 5.75 Å². The SMILES string of the molecule is CCOc1cncc(C(NC)c2cccc(F)c2Cl)c1. The number of hydrogen-bond acceptors (Lipinski definition) is 3. The van der Waals surface area contributed by atoms with Crippen LogP contribution in [0.15, 0.2) is 36.7 Å². The Bertz CT molecular complexity index is 592. The van der Waals surface area contributed by atoms with E-state index in [-0.39, 0.29) is 11.1 Å². The number of nitrogens with one attached hydrogen (secondary N) is 1. The van der Waals surface area contributed by atoms with Crippen LogP contribution in [-0.2, 0) is 0 Å². The van der Waals surface area contributed by atoms with Crippen molar-refractivity contribution in [1.82, 2.24) is 10.3 Å². The lowest BCUT2D eigenvalue weighted by Crippen LogP contribution is -2.18. The zero-order valence-electron chi connectivity index (χ0n) is 11.4. The molecule has 0 aliphatic carbocycles. The van der Waals surface area contributed by atoms with Gasteiger partial charge >= 0.3 is 0 Å². The molecule has 0 saturated carbocycles. The standard InChI is InChI=1S/C15H16ClFN2O/c1-3-20-11-7-10(8-19-9-11)15(18-2)12-5-4-6-13(17)14(12)16/h4-9,15,18H,3H2,1-2H3. The van der Waals surface area contributed by atoms with Crippen LogP contribution in [0.3, 0.4) is 0 Å². The lowest BCUT2D eigenvalue weighted by atomic mass is 10.00. The molecular weight excluding hydrogens is 279 g/mol. The van der Waals surface area contributed by atoms with E-state index < -0.39 is 5.82 Å². The molecule has 0 fully saturated rings. The molecule has 2 aromatic rings. The van der Waals surface area contributed by atoms with Crippen LogP contribution in [-0.4, -0.2) is 18.6 Å². The van der Waals surface area contributed by atoms with Crippen molar-refractivity contribution in [1.29, 1.82) is 0 Å². The zero-order chi connectivity index (χ0) is 14.5. The Labute approximate surface area is 122 Å². The first-order valence-corrected chi connectivity index (χ1v) is 6.74. The van der Waals surface area contributed by atoms with E-state index in [1.807, 2.05) is 13.0 Å². The van der Waals surface area contributed by atoms with E-state index in [0.29, 0.717) is 17.9 Å². The molecule has 1 N–H and O–H groups in total. The Balaban J connectivity index is 2.41. The topological polar surface area (TPSA) is 34.1 Å². The Morgan fingerprint density at radius 2 is 2.20 bits per heavy atom. The molecule has 0 radical (unpaired) electrons. The van der Waals surface area contributed by atoms with E-state index in [4.69, 9.17) is 16.3 Å². The second-order valence-corrected chi connectivity index (χ2v) is 4.63. The first-order valence-electron chi connectivity index (χ1n) is 6.36. The van der Waals surface area contributed by atoms with Crippen LogP contribution in [0, 0.1) is 5.82 Å². The van der Waals surface area contributed by atoms with Crippen LogP contribution >= 0.6 is 11.6 Å². The van der Waals surface area contributed by atoms with Crippen molar-refractivity contribution in [3.63, 3.8) is 0 Å². The Hall–Kier alpha value is -1.65. The molecular formula is C15H16ClFN2O. The van der Waals surface area contributed by atoms with Gasteiger partial charge in [0, 0.05) is 6.20 Å². The highest BCUT2D eigenvalue weighted by atomic mass is 35.5. The van der Waals surface area contributed by atoms with Crippen LogP contribution in [0.25, 0.3) is 0 Å². The Morgan fingerprint density at radius 1 is 1.40 bits per heavy atom. The van der Waals surface area contributed by atoms with Crippen molar-refractivity contribution >= 4 is 11.6 Å². The minimum absolute atomic E-state index is 0.119. The molecule has 0 spiro atoms. The average Bonchev–Trinajstić information content (AvgIpc) is 2.45. The number of benzene rings is 1. The van der Waals surface area contributed by atoms with Crippen molar-refractivity contribution in [2.45, 2.75) is 13.0 Å². The minimum atomic E-state index is -0.432. The highest BCUT2D eigenvalue weighted by Crippen LogP contribution is 2.30. The fraction of sp³-hybridized carbons (Fsp3) is 0.267. The first kappa shape index (κ1) is 14.8. The van der Waals surface area contributed by atoms with Gasteiger partial charge in [0.05, 0.1) is 23.9 Å².